The molecule has 0 aliphatic carbocycles. The van der Waals surface area contributed by atoms with Gasteiger partial charge in [0, 0.05) is 23.5 Å². The van der Waals surface area contributed by atoms with Crippen LogP contribution in [-0.2, 0) is 16.1 Å². The first-order chi connectivity index (χ1) is 15.3. The molecule has 0 saturated heterocycles. The van der Waals surface area contributed by atoms with Gasteiger partial charge in [-0.2, -0.15) is 11.8 Å². The highest BCUT2D eigenvalue weighted by Crippen LogP contribution is 2.27. The van der Waals surface area contributed by atoms with Crippen LogP contribution in [0, 0.1) is 13.8 Å². The van der Waals surface area contributed by atoms with Gasteiger partial charge in [0.15, 0.2) is 6.61 Å². The van der Waals surface area contributed by atoms with E-state index < -0.39 is 30.4 Å². The Kier molecular flexibility index (Phi) is 7.35. The van der Waals surface area contributed by atoms with Crippen LogP contribution in [0.3, 0.4) is 0 Å². The second kappa shape index (κ2) is 9.99. The second-order valence-electron chi connectivity index (χ2n) is 7.54. The highest BCUT2D eigenvalue weighted by Gasteiger charge is 2.43. The number of aromatic nitrogens is 1. The van der Waals surface area contributed by atoms with Gasteiger partial charge in [-0.15, -0.1) is 6.58 Å². The average molecular weight is 455 g/mol. The number of imide groups is 1. The molecule has 2 heterocycles. The zero-order valence-corrected chi connectivity index (χ0v) is 19.2. The fourth-order valence-electron chi connectivity index (χ4n) is 3.88. The summed E-state index contributed by atoms with van der Waals surface area (Å²) in [4.78, 5) is 52.3. The van der Waals surface area contributed by atoms with Gasteiger partial charge in [0.25, 0.3) is 11.8 Å². The Balaban J connectivity index is 1.76. The van der Waals surface area contributed by atoms with E-state index in [1.165, 1.54) is 11.8 Å². The summed E-state index contributed by atoms with van der Waals surface area (Å²) < 4.78 is 7.26. The predicted octanol–water partition coefficient (Wildman–Crippen LogP) is 3.43. The number of amides is 2. The van der Waals surface area contributed by atoms with Gasteiger partial charge in [0.1, 0.15) is 6.04 Å². The summed E-state index contributed by atoms with van der Waals surface area (Å²) in [5.74, 6) is -1.60. The first kappa shape index (κ1) is 23.5. The van der Waals surface area contributed by atoms with E-state index in [2.05, 4.69) is 6.58 Å². The van der Waals surface area contributed by atoms with Crippen molar-refractivity contribution in [2.45, 2.75) is 32.9 Å². The lowest BCUT2D eigenvalue weighted by Gasteiger charge is -2.24. The number of hydrogen-bond acceptors (Lipinski definition) is 6. The van der Waals surface area contributed by atoms with Crippen LogP contribution in [0.5, 0.6) is 0 Å². The molecule has 168 valence electrons. The largest absolute Gasteiger partial charge is 0.456 e. The van der Waals surface area contributed by atoms with Gasteiger partial charge >= 0.3 is 5.97 Å². The van der Waals surface area contributed by atoms with Crippen molar-refractivity contribution in [1.82, 2.24) is 9.47 Å². The van der Waals surface area contributed by atoms with E-state index in [0.717, 1.165) is 16.3 Å². The highest BCUT2D eigenvalue weighted by molar-refractivity contribution is 7.98. The molecule has 0 fully saturated rings. The number of aryl methyl sites for hydroxylation is 1. The van der Waals surface area contributed by atoms with Crippen molar-refractivity contribution in [3.8, 4) is 0 Å². The Morgan fingerprint density at radius 2 is 1.78 bits per heavy atom. The molecule has 0 spiro atoms. The number of fused-ring (bicyclic) bond motifs is 1. The molecule has 1 atom stereocenters. The lowest BCUT2D eigenvalue weighted by Crippen LogP contribution is -2.46. The van der Waals surface area contributed by atoms with Crippen molar-refractivity contribution in [3.05, 3.63) is 71.1 Å². The number of allylic oxidation sites excluding steroid dienone is 1. The van der Waals surface area contributed by atoms with E-state index in [1.54, 1.807) is 36.4 Å². The van der Waals surface area contributed by atoms with Crippen molar-refractivity contribution in [2.75, 3.05) is 18.6 Å². The van der Waals surface area contributed by atoms with E-state index in [4.69, 9.17) is 4.74 Å². The number of benzene rings is 1. The third kappa shape index (κ3) is 4.41. The van der Waals surface area contributed by atoms with Gasteiger partial charge < -0.3 is 9.30 Å². The lowest BCUT2D eigenvalue weighted by atomic mass is 10.1. The van der Waals surface area contributed by atoms with E-state index in [9.17, 15) is 19.2 Å². The van der Waals surface area contributed by atoms with Crippen LogP contribution >= 0.6 is 11.8 Å². The molecule has 2 aromatic rings. The third-order valence-electron chi connectivity index (χ3n) is 5.54. The molecule has 2 amide bonds. The van der Waals surface area contributed by atoms with Crippen LogP contribution in [0.25, 0.3) is 0 Å². The summed E-state index contributed by atoms with van der Waals surface area (Å²) in [5.41, 5.74) is 2.68. The topological polar surface area (TPSA) is 85.7 Å². The molecule has 1 aromatic heterocycles. The first-order valence-electron chi connectivity index (χ1n) is 10.2. The standard InChI is InChI=1S/C24H26N2O5S/c1-5-11-25-15(2)13-19(16(25)3)21(27)14-31-24(30)20(10-12-32-4)26-22(28)17-8-6-7-9-18(17)23(26)29/h5-9,13,20H,1,10-12,14H2,2-4H3/t20-/m1/s1. The number of ketones is 1. The minimum Gasteiger partial charge on any atom is -0.456 e. The third-order valence-corrected chi connectivity index (χ3v) is 6.18. The van der Waals surface area contributed by atoms with Crippen LogP contribution in [0.4, 0.5) is 0 Å². The number of carbonyl (C=O) groups excluding carboxylic acids is 4. The zero-order valence-electron chi connectivity index (χ0n) is 18.4. The fraction of sp³-hybridized carbons (Fsp3) is 0.333. The number of esters is 1. The number of rotatable bonds is 10. The lowest BCUT2D eigenvalue weighted by molar-refractivity contribution is -0.147. The highest BCUT2D eigenvalue weighted by atomic mass is 32.2. The fourth-order valence-corrected chi connectivity index (χ4v) is 4.34. The molecule has 0 bridgehead atoms. The number of nitrogens with zero attached hydrogens (tertiary/aromatic N) is 2. The van der Waals surface area contributed by atoms with Gasteiger partial charge in [-0.05, 0) is 50.5 Å². The average Bonchev–Trinajstić information content (AvgIpc) is 3.21. The summed E-state index contributed by atoms with van der Waals surface area (Å²) in [6.07, 6.45) is 3.85. The van der Waals surface area contributed by atoms with Crippen molar-refractivity contribution in [3.63, 3.8) is 0 Å². The zero-order chi connectivity index (χ0) is 23.4. The molecule has 7 nitrogen and oxygen atoms in total. The van der Waals surface area contributed by atoms with Crippen LogP contribution < -0.4 is 0 Å². The smallest absolute Gasteiger partial charge is 0.329 e. The molecule has 0 saturated carbocycles. The van der Waals surface area contributed by atoms with Gasteiger partial charge in [-0.3, -0.25) is 19.3 Å². The van der Waals surface area contributed by atoms with E-state index in [-0.39, 0.29) is 23.3 Å². The Morgan fingerprint density at radius 1 is 1.16 bits per heavy atom. The summed E-state index contributed by atoms with van der Waals surface area (Å²) in [7, 11) is 0. The normalized spacial score (nSPS) is 13.8. The minimum absolute atomic E-state index is 0.244. The van der Waals surface area contributed by atoms with E-state index >= 15 is 0 Å². The van der Waals surface area contributed by atoms with Gasteiger partial charge in [0.05, 0.1) is 11.1 Å². The molecule has 8 heteroatoms. The molecule has 1 aliphatic rings. The number of Topliss-reactive ketones (excluding diaryl/α,β-unsaturated/α-hetero) is 1. The Morgan fingerprint density at radius 3 is 2.34 bits per heavy atom. The van der Waals surface area contributed by atoms with Crippen LogP contribution in [-0.4, -0.2) is 57.7 Å². The van der Waals surface area contributed by atoms with Crippen molar-refractivity contribution >= 4 is 35.3 Å². The maximum Gasteiger partial charge on any atom is 0.329 e. The number of ether oxygens (including phenoxy) is 1. The van der Waals surface area contributed by atoms with Crippen molar-refractivity contribution in [1.29, 1.82) is 0 Å². The quantitative estimate of drug-likeness (QED) is 0.237. The monoisotopic (exact) mass is 454 g/mol. The SMILES string of the molecule is C=CCn1c(C)cc(C(=O)COC(=O)[C@@H](CCSC)N2C(=O)c3ccccc3C2=O)c1C. The van der Waals surface area contributed by atoms with Crippen molar-refractivity contribution < 1.29 is 23.9 Å². The number of carbonyl (C=O) groups is 4. The second-order valence-corrected chi connectivity index (χ2v) is 8.52. The van der Waals surface area contributed by atoms with Gasteiger partial charge in [-0.25, -0.2) is 4.79 Å². The molecule has 3 rings (SSSR count). The molecule has 1 aliphatic heterocycles. The summed E-state index contributed by atoms with van der Waals surface area (Å²) in [6, 6.07) is 7.14. The van der Waals surface area contributed by atoms with Crippen molar-refractivity contribution in [2.24, 2.45) is 0 Å². The molecular formula is C24H26N2O5S. The molecule has 0 unspecified atom stereocenters. The molecule has 1 aromatic carbocycles. The summed E-state index contributed by atoms with van der Waals surface area (Å²) in [6.45, 7) is 7.55. The number of thioether (sulfide) groups is 1. The Bertz CT molecular complexity index is 1050. The van der Waals surface area contributed by atoms with Crippen LogP contribution in [0.2, 0.25) is 0 Å². The van der Waals surface area contributed by atoms with E-state index in [1.807, 2.05) is 24.7 Å². The molecular weight excluding hydrogens is 428 g/mol. The van der Waals surface area contributed by atoms with Gasteiger partial charge in [0.2, 0.25) is 5.78 Å². The maximum absolute atomic E-state index is 12.9. The molecule has 0 radical (unpaired) electrons. The summed E-state index contributed by atoms with van der Waals surface area (Å²) in [5, 5.41) is 0. The first-order valence-corrected chi connectivity index (χ1v) is 11.6. The Labute approximate surface area is 191 Å². The maximum atomic E-state index is 12.9. The molecule has 0 N–H and O–H groups in total. The summed E-state index contributed by atoms with van der Waals surface area (Å²) >= 11 is 1.49. The van der Waals surface area contributed by atoms with E-state index in [0.29, 0.717) is 17.9 Å². The predicted molar refractivity (Wildman–Crippen MR) is 123 cm³/mol. The van der Waals surface area contributed by atoms with Crippen LogP contribution in [0.15, 0.2) is 43.0 Å². The molecule has 32 heavy (non-hydrogen) atoms. The van der Waals surface area contributed by atoms with Crippen LogP contribution in [0.1, 0.15) is 48.9 Å². The Hall–Kier alpha value is -3.13. The number of hydrogen-bond donors (Lipinski definition) is 0. The minimum atomic E-state index is -1.09. The van der Waals surface area contributed by atoms with Gasteiger partial charge in [-0.1, -0.05) is 18.2 Å².